The average molecular weight is 1350 g/mol. The van der Waals surface area contributed by atoms with Gasteiger partial charge >= 0.3 is 26.2 Å². The molecule has 9 heteroatoms. The molecule has 91 heavy (non-hydrogen) atoms. The van der Waals surface area contributed by atoms with E-state index in [2.05, 4.69) is 296 Å². The Morgan fingerprint density at radius 2 is 0.736 bits per heavy atom. The summed E-state index contributed by atoms with van der Waals surface area (Å²) in [7, 11) is 9.78. The first-order chi connectivity index (χ1) is 41.6. The zero-order valence-corrected chi connectivity index (χ0v) is 65.0. The van der Waals surface area contributed by atoms with E-state index in [4.69, 9.17) is 9.49 Å². The molecule has 2 unspecified atom stereocenters. The summed E-state index contributed by atoms with van der Waals surface area (Å²) in [4.78, 5) is 0. The quantitative estimate of drug-likeness (QED) is 0.0962. The van der Waals surface area contributed by atoms with Gasteiger partial charge in [0, 0.05) is 23.3 Å². The minimum atomic E-state index is -2.33. The largest absolute Gasteiger partial charge is 4.00 e. The van der Waals surface area contributed by atoms with Gasteiger partial charge in [0.1, 0.15) is 0 Å². The fourth-order valence-electron chi connectivity index (χ4n) is 15.4. The Bertz CT molecular complexity index is 3130. The van der Waals surface area contributed by atoms with Crippen LogP contribution in [0.4, 0.5) is 11.4 Å². The molecule has 4 aliphatic rings. The van der Waals surface area contributed by atoms with Crippen LogP contribution in [0.15, 0.2) is 190 Å². The predicted octanol–water partition coefficient (Wildman–Crippen LogP) is 23.5. The predicted molar refractivity (Wildman–Crippen MR) is 409 cm³/mol. The van der Waals surface area contributed by atoms with Crippen molar-refractivity contribution in [1.82, 2.24) is 5.32 Å². The molecule has 4 aliphatic carbocycles. The monoisotopic (exact) mass is 1340 g/mol. The summed E-state index contributed by atoms with van der Waals surface area (Å²) in [5, 5.41) is 20.3. The Labute approximate surface area is 579 Å². The number of hydrogen-bond donors (Lipinski definition) is 1. The Balaban J connectivity index is 0.000000514. The van der Waals surface area contributed by atoms with Gasteiger partial charge in [-0.2, -0.15) is 42.3 Å². The van der Waals surface area contributed by atoms with Crippen LogP contribution in [-0.4, -0.2) is 62.0 Å². The Morgan fingerprint density at radius 1 is 0.440 bits per heavy atom. The summed E-state index contributed by atoms with van der Waals surface area (Å²) in [5.41, 5.74) is 12.9. The van der Waals surface area contributed by atoms with Gasteiger partial charge in [-0.05, 0) is 147 Å². The SMILES string of the molecule is C.CC(C)c1cccc(C(C)C)c1N=P(C1=CC2=C(C1)C(C)(C)CC2(C)C)(c1ccccc1)c1ccccc1.CC(C)c1cccc(C(C)C)c1N=P(c1ccccc1)(c1ccccc1)C1CC2C(C1)C(C)(C)CC2(C)C.CNC.C[N-]C.C[N-]C.C[N-]C.[CH3-].[Zr+4]. The van der Waals surface area contributed by atoms with Gasteiger partial charge in [-0.15, -0.1) is 0 Å². The van der Waals surface area contributed by atoms with Gasteiger partial charge in [-0.3, -0.25) is 9.49 Å². The van der Waals surface area contributed by atoms with Crippen molar-refractivity contribution in [3.63, 3.8) is 0 Å². The van der Waals surface area contributed by atoms with Crippen LogP contribution >= 0.6 is 14.1 Å². The van der Waals surface area contributed by atoms with Crippen molar-refractivity contribution < 1.29 is 26.2 Å². The summed E-state index contributed by atoms with van der Waals surface area (Å²) >= 11 is 0. The van der Waals surface area contributed by atoms with Crippen molar-refractivity contribution >= 4 is 46.7 Å². The summed E-state index contributed by atoms with van der Waals surface area (Å²) in [5.74, 6) is 3.19. The van der Waals surface area contributed by atoms with Gasteiger partial charge in [0.2, 0.25) is 0 Å². The summed E-state index contributed by atoms with van der Waals surface area (Å²) < 4.78 is 12.3. The van der Waals surface area contributed by atoms with E-state index in [1.54, 1.807) is 53.4 Å². The van der Waals surface area contributed by atoms with Crippen molar-refractivity contribution in [1.29, 1.82) is 0 Å². The molecule has 6 aromatic rings. The third kappa shape index (κ3) is 19.1. The normalized spacial score (nSPS) is 18.5. The molecule has 0 saturated heterocycles. The van der Waals surface area contributed by atoms with Gasteiger partial charge in [0.05, 0.1) is 18.4 Å². The minimum absolute atomic E-state index is 0. The number of benzene rings is 6. The molecule has 0 heterocycles. The first-order valence-corrected chi connectivity index (χ1v) is 36.4. The van der Waals surface area contributed by atoms with E-state index in [0.29, 0.717) is 40.2 Å². The first-order valence-electron chi connectivity index (χ1n) is 32.8. The number of allylic oxidation sites excluding steroid dienone is 4. The zero-order chi connectivity index (χ0) is 65.4. The van der Waals surface area contributed by atoms with E-state index < -0.39 is 14.1 Å². The molecule has 0 spiro atoms. The molecule has 0 aromatic heterocycles. The minimum Gasteiger partial charge on any atom is -0.668 e. The third-order valence-corrected chi connectivity index (χ3v) is 26.5. The number of fused-ring (bicyclic) bond motifs is 1. The second kappa shape index (κ2) is 36.8. The molecule has 2 atom stereocenters. The maximum atomic E-state index is 6.19. The van der Waals surface area contributed by atoms with Gasteiger partial charge < -0.3 is 28.7 Å². The van der Waals surface area contributed by atoms with Gasteiger partial charge in [-0.1, -0.05) is 288 Å². The molecular formula is C82H124N6P2Zr. The second-order valence-corrected chi connectivity index (χ2v) is 35.4. The van der Waals surface area contributed by atoms with Crippen molar-refractivity contribution in [2.45, 2.75) is 180 Å². The molecule has 1 N–H and O–H groups in total. The maximum Gasteiger partial charge on any atom is 4.00 e. The molecule has 0 bridgehead atoms. The van der Waals surface area contributed by atoms with Crippen molar-refractivity contribution in [2.24, 2.45) is 43.0 Å². The Morgan fingerprint density at radius 3 is 1.03 bits per heavy atom. The third-order valence-electron chi connectivity index (χ3n) is 18.6. The van der Waals surface area contributed by atoms with E-state index >= 15 is 0 Å². The number of nitrogens with zero attached hydrogens (tertiary/aromatic N) is 5. The Kier molecular flexibility index (Phi) is 33.6. The molecule has 2 saturated carbocycles. The van der Waals surface area contributed by atoms with Crippen molar-refractivity contribution in [3.8, 4) is 0 Å². The molecule has 6 aromatic carbocycles. The van der Waals surface area contributed by atoms with Crippen LogP contribution in [0.1, 0.15) is 196 Å². The van der Waals surface area contributed by atoms with Crippen molar-refractivity contribution in [3.05, 3.63) is 226 Å². The van der Waals surface area contributed by atoms with Crippen LogP contribution < -0.4 is 26.5 Å². The molecule has 0 radical (unpaired) electrons. The molecule has 6 nitrogen and oxygen atoms in total. The van der Waals surface area contributed by atoms with E-state index in [-0.39, 0.29) is 51.9 Å². The summed E-state index contributed by atoms with van der Waals surface area (Å²) in [6.07, 6.45) is 8.71. The van der Waals surface area contributed by atoms with Crippen LogP contribution in [0.5, 0.6) is 0 Å². The molecule has 10 rings (SSSR count). The molecule has 496 valence electrons. The van der Waals surface area contributed by atoms with Gasteiger partial charge in [0.15, 0.2) is 0 Å². The Hall–Kier alpha value is -4.02. The first kappa shape index (κ1) is 83.1. The van der Waals surface area contributed by atoms with Crippen LogP contribution in [0, 0.1) is 40.9 Å². The summed E-state index contributed by atoms with van der Waals surface area (Å²) in [6.45, 7) is 38.4. The molecule has 0 amide bonds. The standard InChI is InChI=1S/C36H48NP.C36H44NP.C2H7N.3C2H6N.CH4.CH3.Zr/c2*1-25(2)30-20-15-21-31(26(3)4)34(30)37-38(27-16-11-9-12-17-27,28-18-13-10-14-19-28)29-22-32-33(23-29)36(7,8)24-35(32,5)6;4*1-3-2;;;/h9-21,25-26,29,32-33H,22-24H2,1-8H3;9-22,25-26H,23-24H2,1-8H3;3H,1-2H3;3*1-2H3;1H4;1H3;/q;;;3*-1;;-1;+4. The van der Waals surface area contributed by atoms with Crippen LogP contribution in [0.25, 0.3) is 16.0 Å². The zero-order valence-electron chi connectivity index (χ0n) is 60.8. The number of rotatable bonds is 12. The van der Waals surface area contributed by atoms with E-state index in [1.807, 2.05) is 14.1 Å². The van der Waals surface area contributed by atoms with Gasteiger partial charge in [-0.25, -0.2) is 0 Å². The van der Waals surface area contributed by atoms with Crippen LogP contribution in [0.2, 0.25) is 0 Å². The second-order valence-electron chi connectivity index (χ2n) is 29.0. The van der Waals surface area contributed by atoms with E-state index in [9.17, 15) is 0 Å². The van der Waals surface area contributed by atoms with Crippen molar-refractivity contribution in [2.75, 3.05) is 56.4 Å². The fourth-order valence-corrected chi connectivity index (χ4v) is 23.5. The number of hydrogen-bond acceptors (Lipinski definition) is 3. The molecular weight excluding hydrogens is 1220 g/mol. The van der Waals surface area contributed by atoms with E-state index in [1.165, 1.54) is 85.8 Å². The van der Waals surface area contributed by atoms with Gasteiger partial charge in [0.25, 0.3) is 0 Å². The average Bonchev–Trinajstić information content (AvgIpc) is 1.63. The smallest absolute Gasteiger partial charge is 0.668 e. The van der Waals surface area contributed by atoms with Crippen LogP contribution in [-0.2, 0) is 26.2 Å². The maximum absolute atomic E-state index is 6.19. The van der Waals surface area contributed by atoms with Crippen LogP contribution in [0.3, 0.4) is 0 Å². The van der Waals surface area contributed by atoms with E-state index in [0.717, 1.165) is 18.3 Å². The summed E-state index contributed by atoms with van der Waals surface area (Å²) in [6, 6.07) is 59.0. The topological polar surface area (TPSA) is 79.1 Å². The fraction of sp³-hybridized carbons (Fsp3) is 0.500. The molecule has 0 aliphatic heterocycles. The molecule has 2 fully saturated rings. The number of nitrogens with one attached hydrogen (secondary N) is 1.